The van der Waals surface area contributed by atoms with Crippen LogP contribution in [-0.4, -0.2) is 14.8 Å². The van der Waals surface area contributed by atoms with Gasteiger partial charge in [-0.3, -0.25) is 0 Å². The van der Waals surface area contributed by atoms with Crippen molar-refractivity contribution >= 4 is 0 Å². The average molecular weight is 176 g/mol. The van der Waals surface area contributed by atoms with Crippen LogP contribution < -0.4 is 0 Å². The SMILES string of the molecule is Cn1cnnc1CC1CC(C#N)C1. The van der Waals surface area contributed by atoms with E-state index in [0.717, 1.165) is 25.1 Å². The molecule has 1 fully saturated rings. The Kier molecular flexibility index (Phi) is 2.01. The lowest BCUT2D eigenvalue weighted by atomic mass is 9.74. The summed E-state index contributed by atoms with van der Waals surface area (Å²) in [4.78, 5) is 0. The normalized spacial score (nSPS) is 26.5. The molecule has 0 unspecified atom stereocenters. The molecule has 1 aromatic heterocycles. The molecule has 0 N–H and O–H groups in total. The van der Waals surface area contributed by atoms with Crippen LogP contribution in [0.2, 0.25) is 0 Å². The van der Waals surface area contributed by atoms with Gasteiger partial charge in [0.25, 0.3) is 0 Å². The number of aromatic nitrogens is 3. The highest BCUT2D eigenvalue weighted by molar-refractivity contribution is 4.98. The van der Waals surface area contributed by atoms with Crippen LogP contribution in [0, 0.1) is 23.2 Å². The Hall–Kier alpha value is -1.37. The van der Waals surface area contributed by atoms with Crippen molar-refractivity contribution in [1.82, 2.24) is 14.8 Å². The van der Waals surface area contributed by atoms with Crippen molar-refractivity contribution in [3.8, 4) is 6.07 Å². The predicted molar refractivity (Wildman–Crippen MR) is 46.5 cm³/mol. The highest BCUT2D eigenvalue weighted by Gasteiger charge is 2.29. The van der Waals surface area contributed by atoms with Crippen LogP contribution in [0.1, 0.15) is 18.7 Å². The minimum atomic E-state index is 0.290. The van der Waals surface area contributed by atoms with E-state index in [-0.39, 0.29) is 0 Å². The van der Waals surface area contributed by atoms with Crippen molar-refractivity contribution in [2.45, 2.75) is 19.3 Å². The Labute approximate surface area is 77.2 Å². The fraction of sp³-hybridized carbons (Fsp3) is 0.667. The smallest absolute Gasteiger partial charge is 0.132 e. The minimum Gasteiger partial charge on any atom is -0.321 e. The number of hydrogen-bond donors (Lipinski definition) is 0. The van der Waals surface area contributed by atoms with Crippen molar-refractivity contribution in [3.05, 3.63) is 12.2 Å². The van der Waals surface area contributed by atoms with Crippen LogP contribution in [0.15, 0.2) is 6.33 Å². The third kappa shape index (κ3) is 1.55. The maximum absolute atomic E-state index is 8.60. The molecule has 2 rings (SSSR count). The Morgan fingerprint density at radius 3 is 3.00 bits per heavy atom. The molecule has 68 valence electrons. The molecule has 0 spiro atoms. The molecule has 0 aliphatic heterocycles. The molecule has 0 bridgehead atoms. The maximum Gasteiger partial charge on any atom is 0.132 e. The summed E-state index contributed by atoms with van der Waals surface area (Å²) in [6.45, 7) is 0. The second-order valence-corrected chi connectivity index (χ2v) is 3.73. The highest BCUT2D eigenvalue weighted by Crippen LogP contribution is 2.34. The number of rotatable bonds is 2. The zero-order valence-corrected chi connectivity index (χ0v) is 7.64. The molecule has 0 aromatic carbocycles. The zero-order chi connectivity index (χ0) is 9.26. The molecule has 0 radical (unpaired) electrons. The van der Waals surface area contributed by atoms with E-state index in [1.165, 1.54) is 0 Å². The maximum atomic E-state index is 8.60. The number of nitrogens with zero attached hydrogens (tertiary/aromatic N) is 4. The van der Waals surface area contributed by atoms with E-state index in [4.69, 9.17) is 5.26 Å². The molecule has 13 heavy (non-hydrogen) atoms. The van der Waals surface area contributed by atoms with Crippen molar-refractivity contribution in [1.29, 1.82) is 5.26 Å². The van der Waals surface area contributed by atoms with E-state index in [1.807, 2.05) is 11.6 Å². The first-order chi connectivity index (χ1) is 6.29. The molecular weight excluding hydrogens is 164 g/mol. The average Bonchev–Trinajstić information content (AvgIpc) is 2.43. The van der Waals surface area contributed by atoms with Gasteiger partial charge < -0.3 is 4.57 Å². The van der Waals surface area contributed by atoms with Gasteiger partial charge in [0.05, 0.1) is 6.07 Å². The molecular formula is C9H12N4. The molecule has 1 heterocycles. The van der Waals surface area contributed by atoms with Gasteiger partial charge in [0.2, 0.25) is 0 Å². The summed E-state index contributed by atoms with van der Waals surface area (Å²) in [5.41, 5.74) is 0. The predicted octanol–water partition coefficient (Wildman–Crippen LogP) is 0.907. The van der Waals surface area contributed by atoms with E-state index in [1.54, 1.807) is 6.33 Å². The van der Waals surface area contributed by atoms with Gasteiger partial charge in [-0.2, -0.15) is 5.26 Å². The van der Waals surface area contributed by atoms with Gasteiger partial charge in [0.15, 0.2) is 0 Å². The standard InChI is InChI=1S/C9H12N4/c1-13-6-11-12-9(13)4-7-2-8(3-7)5-10/h6-8H,2-4H2,1H3. The van der Waals surface area contributed by atoms with Gasteiger partial charge in [-0.05, 0) is 18.8 Å². The summed E-state index contributed by atoms with van der Waals surface area (Å²) in [5.74, 6) is 1.96. The van der Waals surface area contributed by atoms with Gasteiger partial charge in [-0.15, -0.1) is 10.2 Å². The largest absolute Gasteiger partial charge is 0.321 e. The van der Waals surface area contributed by atoms with Crippen LogP contribution in [0.25, 0.3) is 0 Å². The first-order valence-electron chi connectivity index (χ1n) is 4.52. The monoisotopic (exact) mass is 176 g/mol. The summed E-state index contributed by atoms with van der Waals surface area (Å²) in [5, 5.41) is 16.4. The van der Waals surface area contributed by atoms with Crippen LogP contribution in [0.5, 0.6) is 0 Å². The topological polar surface area (TPSA) is 54.5 Å². The Morgan fingerprint density at radius 1 is 1.69 bits per heavy atom. The number of aryl methyl sites for hydroxylation is 1. The first kappa shape index (κ1) is 8.24. The second-order valence-electron chi connectivity index (χ2n) is 3.73. The van der Waals surface area contributed by atoms with Crippen LogP contribution >= 0.6 is 0 Å². The summed E-state index contributed by atoms with van der Waals surface area (Å²) in [7, 11) is 1.95. The van der Waals surface area contributed by atoms with Crippen molar-refractivity contribution in [3.63, 3.8) is 0 Å². The number of hydrogen-bond acceptors (Lipinski definition) is 3. The third-order valence-corrected chi connectivity index (χ3v) is 2.69. The van der Waals surface area contributed by atoms with Gasteiger partial charge in [-0.25, -0.2) is 0 Å². The van der Waals surface area contributed by atoms with E-state index in [2.05, 4.69) is 16.3 Å². The van der Waals surface area contributed by atoms with Gasteiger partial charge in [0.1, 0.15) is 12.2 Å². The molecule has 4 heteroatoms. The molecule has 4 nitrogen and oxygen atoms in total. The molecule has 1 saturated carbocycles. The first-order valence-corrected chi connectivity index (χ1v) is 4.52. The second kappa shape index (κ2) is 3.17. The van der Waals surface area contributed by atoms with E-state index < -0.39 is 0 Å². The number of nitriles is 1. The van der Waals surface area contributed by atoms with Crippen LogP contribution in [-0.2, 0) is 13.5 Å². The van der Waals surface area contributed by atoms with Crippen molar-refractivity contribution < 1.29 is 0 Å². The molecule has 1 aliphatic rings. The summed E-state index contributed by atoms with van der Waals surface area (Å²) < 4.78 is 1.94. The van der Waals surface area contributed by atoms with Crippen LogP contribution in [0.4, 0.5) is 0 Å². The summed E-state index contributed by atoms with van der Waals surface area (Å²) >= 11 is 0. The highest BCUT2D eigenvalue weighted by atomic mass is 15.2. The van der Waals surface area contributed by atoms with Crippen LogP contribution in [0.3, 0.4) is 0 Å². The lowest BCUT2D eigenvalue weighted by Crippen LogP contribution is -2.25. The fourth-order valence-electron chi connectivity index (χ4n) is 1.76. The van der Waals surface area contributed by atoms with E-state index >= 15 is 0 Å². The minimum absolute atomic E-state index is 0.290. The van der Waals surface area contributed by atoms with Gasteiger partial charge in [0, 0.05) is 19.4 Å². The molecule has 0 saturated heterocycles. The lowest BCUT2D eigenvalue weighted by molar-refractivity contribution is 0.240. The van der Waals surface area contributed by atoms with Crippen molar-refractivity contribution in [2.24, 2.45) is 18.9 Å². The molecule has 1 aliphatic carbocycles. The van der Waals surface area contributed by atoms with Gasteiger partial charge in [-0.1, -0.05) is 0 Å². The molecule has 0 amide bonds. The Bertz CT molecular complexity index is 330. The summed E-state index contributed by atoms with van der Waals surface area (Å²) in [6.07, 6.45) is 4.75. The fourth-order valence-corrected chi connectivity index (χ4v) is 1.76. The summed E-state index contributed by atoms with van der Waals surface area (Å²) in [6, 6.07) is 2.28. The lowest BCUT2D eigenvalue weighted by Gasteiger charge is -2.29. The quantitative estimate of drug-likeness (QED) is 0.673. The third-order valence-electron chi connectivity index (χ3n) is 2.69. The van der Waals surface area contributed by atoms with E-state index in [0.29, 0.717) is 11.8 Å². The zero-order valence-electron chi connectivity index (χ0n) is 7.64. The van der Waals surface area contributed by atoms with E-state index in [9.17, 15) is 0 Å². The Balaban J connectivity index is 1.88. The van der Waals surface area contributed by atoms with Gasteiger partial charge >= 0.3 is 0 Å². The molecule has 0 atom stereocenters. The Morgan fingerprint density at radius 2 is 2.46 bits per heavy atom. The molecule has 1 aromatic rings. The van der Waals surface area contributed by atoms with Crippen molar-refractivity contribution in [2.75, 3.05) is 0 Å².